The molecule has 4 rings (SSSR count). The number of anilines is 1. The van der Waals surface area contributed by atoms with E-state index in [2.05, 4.69) is 43.4 Å². The van der Waals surface area contributed by atoms with Crippen LogP contribution in [0.15, 0.2) is 84.0 Å². The first-order valence-electron chi connectivity index (χ1n) is 12.5. The minimum atomic E-state index is -0.855. The number of hydrogen-bond donors (Lipinski definition) is 2. The Morgan fingerprint density at radius 3 is 2.37 bits per heavy atom. The van der Waals surface area contributed by atoms with Gasteiger partial charge < -0.3 is 10.4 Å². The van der Waals surface area contributed by atoms with E-state index in [0.29, 0.717) is 13.0 Å². The van der Waals surface area contributed by atoms with E-state index in [1.165, 1.54) is 5.56 Å². The summed E-state index contributed by atoms with van der Waals surface area (Å²) in [5.74, 6) is 0.181. The highest BCUT2D eigenvalue weighted by molar-refractivity contribution is 6.10. The van der Waals surface area contributed by atoms with E-state index in [-0.39, 0.29) is 17.6 Å². The lowest BCUT2D eigenvalue weighted by atomic mass is 9.76. The van der Waals surface area contributed by atoms with Crippen LogP contribution in [-0.4, -0.2) is 28.8 Å². The number of aryl methyl sites for hydroxylation is 1. The third kappa shape index (κ3) is 5.24. The molecule has 1 heterocycles. The lowest BCUT2D eigenvalue weighted by molar-refractivity contribution is -0.126. The molecule has 182 valence electrons. The zero-order valence-electron chi connectivity index (χ0n) is 20.9. The van der Waals surface area contributed by atoms with E-state index in [4.69, 9.17) is 5.10 Å². The van der Waals surface area contributed by atoms with Crippen molar-refractivity contribution in [1.29, 1.82) is 0 Å². The molecule has 5 nitrogen and oxygen atoms in total. The predicted molar refractivity (Wildman–Crippen MR) is 143 cm³/mol. The molecule has 35 heavy (non-hydrogen) atoms. The summed E-state index contributed by atoms with van der Waals surface area (Å²) in [7, 11) is 0. The van der Waals surface area contributed by atoms with Crippen molar-refractivity contribution >= 4 is 17.3 Å². The summed E-state index contributed by atoms with van der Waals surface area (Å²) >= 11 is 0. The van der Waals surface area contributed by atoms with Crippen LogP contribution in [0.1, 0.15) is 49.8 Å². The van der Waals surface area contributed by atoms with Crippen molar-refractivity contribution < 1.29 is 9.90 Å². The Bertz CT molecular complexity index is 1160. The van der Waals surface area contributed by atoms with Crippen LogP contribution >= 0.6 is 0 Å². The van der Waals surface area contributed by atoms with Crippen LogP contribution in [0.5, 0.6) is 5.75 Å². The summed E-state index contributed by atoms with van der Waals surface area (Å²) in [4.78, 5) is 13.9. The van der Waals surface area contributed by atoms with Gasteiger partial charge in [-0.05, 0) is 62.1 Å². The predicted octanol–water partition coefficient (Wildman–Crippen LogP) is 5.85. The summed E-state index contributed by atoms with van der Waals surface area (Å²) < 4.78 is 0. The fraction of sp³-hybridized carbons (Fsp3) is 0.333. The second-order valence-corrected chi connectivity index (χ2v) is 9.51. The van der Waals surface area contributed by atoms with Crippen LogP contribution in [0.4, 0.5) is 5.69 Å². The summed E-state index contributed by atoms with van der Waals surface area (Å²) in [6.45, 7) is 6.81. The van der Waals surface area contributed by atoms with Gasteiger partial charge in [0, 0.05) is 12.5 Å². The van der Waals surface area contributed by atoms with Gasteiger partial charge in [-0.1, -0.05) is 79.9 Å². The van der Waals surface area contributed by atoms with Gasteiger partial charge in [-0.3, -0.25) is 4.79 Å². The van der Waals surface area contributed by atoms with Crippen molar-refractivity contribution in [3.05, 3.63) is 95.6 Å². The van der Waals surface area contributed by atoms with Crippen molar-refractivity contribution in [2.24, 2.45) is 11.0 Å². The van der Waals surface area contributed by atoms with Crippen molar-refractivity contribution in [1.82, 2.24) is 5.32 Å². The van der Waals surface area contributed by atoms with E-state index in [1.54, 1.807) is 12.1 Å². The molecule has 2 N–H and O–H groups in total. The van der Waals surface area contributed by atoms with Crippen LogP contribution in [0, 0.1) is 12.8 Å². The summed E-state index contributed by atoms with van der Waals surface area (Å²) in [6.07, 6.45) is 3.66. The summed E-state index contributed by atoms with van der Waals surface area (Å²) in [5, 5.41) is 19.8. The summed E-state index contributed by atoms with van der Waals surface area (Å²) in [5.41, 5.74) is 4.36. The van der Waals surface area contributed by atoms with Gasteiger partial charge in [0.15, 0.2) is 0 Å². The van der Waals surface area contributed by atoms with Crippen molar-refractivity contribution in [2.75, 3.05) is 11.6 Å². The highest BCUT2D eigenvalue weighted by Crippen LogP contribution is 2.41. The Kier molecular flexibility index (Phi) is 7.54. The molecule has 0 spiro atoms. The molecular weight excluding hydrogens is 434 g/mol. The standard InChI is InChI=1S/C30H35N3O2/c1-4-5-11-27-28(24-16-12-22(2)13-17-24)32-33(25-9-7-6-8-10-25)30(27,3)29(35)31-21-20-23-14-18-26(34)19-15-23/h6-10,12-19,27,34H,4-5,11,20-21H2,1-3H3,(H,31,35). The maximum atomic E-state index is 13.9. The van der Waals surface area contributed by atoms with Gasteiger partial charge in [0.1, 0.15) is 11.3 Å². The molecule has 1 amide bonds. The smallest absolute Gasteiger partial charge is 0.248 e. The highest BCUT2D eigenvalue weighted by atomic mass is 16.3. The number of amides is 1. The molecule has 2 atom stereocenters. The molecule has 1 aliphatic heterocycles. The first-order valence-corrected chi connectivity index (χ1v) is 12.5. The number of hydrogen-bond acceptors (Lipinski definition) is 4. The zero-order valence-corrected chi connectivity index (χ0v) is 20.9. The number of para-hydroxylation sites is 1. The number of phenolic OH excluding ortho intramolecular Hbond substituents is 1. The number of nitrogens with zero attached hydrogens (tertiary/aromatic N) is 2. The Hall–Kier alpha value is -3.60. The average Bonchev–Trinajstić information content (AvgIpc) is 3.18. The molecule has 0 radical (unpaired) electrons. The number of carbonyl (C=O) groups excluding carboxylic acids is 1. The van der Waals surface area contributed by atoms with Crippen LogP contribution < -0.4 is 10.3 Å². The van der Waals surface area contributed by atoms with Gasteiger partial charge in [0.05, 0.1) is 11.4 Å². The van der Waals surface area contributed by atoms with Gasteiger partial charge >= 0.3 is 0 Å². The third-order valence-electron chi connectivity index (χ3n) is 6.95. The van der Waals surface area contributed by atoms with Crippen LogP contribution in [0.25, 0.3) is 0 Å². The summed E-state index contributed by atoms with van der Waals surface area (Å²) in [6, 6.07) is 25.5. The molecular formula is C30H35N3O2. The van der Waals surface area contributed by atoms with Gasteiger partial charge in [-0.15, -0.1) is 0 Å². The van der Waals surface area contributed by atoms with E-state index in [1.807, 2.05) is 54.4 Å². The molecule has 0 saturated heterocycles. The first-order chi connectivity index (χ1) is 16.9. The van der Waals surface area contributed by atoms with E-state index in [0.717, 1.165) is 41.8 Å². The Labute approximate surface area is 208 Å². The van der Waals surface area contributed by atoms with Crippen molar-refractivity contribution in [3.63, 3.8) is 0 Å². The van der Waals surface area contributed by atoms with E-state index < -0.39 is 5.54 Å². The van der Waals surface area contributed by atoms with Crippen LogP contribution in [0.3, 0.4) is 0 Å². The quantitative estimate of drug-likeness (QED) is 0.413. The number of benzene rings is 3. The van der Waals surface area contributed by atoms with Crippen molar-refractivity contribution in [3.8, 4) is 5.75 Å². The molecule has 3 aromatic rings. The van der Waals surface area contributed by atoms with E-state index >= 15 is 0 Å². The van der Waals surface area contributed by atoms with E-state index in [9.17, 15) is 9.90 Å². The average molecular weight is 470 g/mol. The second-order valence-electron chi connectivity index (χ2n) is 9.51. The molecule has 1 aliphatic rings. The molecule has 3 aromatic carbocycles. The minimum absolute atomic E-state index is 0.0212. The normalized spacial score (nSPS) is 19.5. The Balaban J connectivity index is 1.66. The lowest BCUT2D eigenvalue weighted by Gasteiger charge is -2.37. The molecule has 0 saturated carbocycles. The number of rotatable bonds is 9. The molecule has 0 fully saturated rings. The number of phenols is 1. The number of hydrazone groups is 1. The largest absolute Gasteiger partial charge is 0.508 e. The second kappa shape index (κ2) is 10.8. The molecule has 0 aliphatic carbocycles. The fourth-order valence-corrected chi connectivity index (χ4v) is 4.82. The minimum Gasteiger partial charge on any atom is -0.508 e. The van der Waals surface area contributed by atoms with Gasteiger partial charge in [0.25, 0.3) is 0 Å². The third-order valence-corrected chi connectivity index (χ3v) is 6.95. The SMILES string of the molecule is CCCCC1C(c2ccc(C)cc2)=NN(c2ccccc2)C1(C)C(=O)NCCc1ccc(O)cc1. The molecule has 5 heteroatoms. The first kappa shape index (κ1) is 24.5. The van der Waals surface area contributed by atoms with Gasteiger partial charge in [0.2, 0.25) is 5.91 Å². The number of nitrogens with one attached hydrogen (secondary N) is 1. The highest BCUT2D eigenvalue weighted by Gasteiger charge is 2.53. The molecule has 0 bridgehead atoms. The van der Waals surface area contributed by atoms with Crippen molar-refractivity contribution in [2.45, 2.75) is 52.0 Å². The van der Waals surface area contributed by atoms with Gasteiger partial charge in [-0.25, -0.2) is 5.01 Å². The van der Waals surface area contributed by atoms with Crippen LogP contribution in [0.2, 0.25) is 0 Å². The number of aromatic hydroxyl groups is 1. The maximum Gasteiger partial charge on any atom is 0.248 e. The zero-order chi connectivity index (χ0) is 24.8. The molecule has 0 aromatic heterocycles. The molecule has 2 unspecified atom stereocenters. The topological polar surface area (TPSA) is 64.9 Å². The fourth-order valence-electron chi connectivity index (χ4n) is 4.82. The number of carbonyl (C=O) groups is 1. The lowest BCUT2D eigenvalue weighted by Crippen LogP contribution is -2.58. The number of unbranched alkanes of at least 4 members (excludes halogenated alkanes) is 1. The van der Waals surface area contributed by atoms with Gasteiger partial charge in [-0.2, -0.15) is 5.10 Å². The maximum absolute atomic E-state index is 13.9. The Morgan fingerprint density at radius 1 is 1.03 bits per heavy atom. The Morgan fingerprint density at radius 2 is 1.71 bits per heavy atom. The van der Waals surface area contributed by atoms with Crippen LogP contribution in [-0.2, 0) is 11.2 Å². The monoisotopic (exact) mass is 469 g/mol.